The van der Waals surface area contributed by atoms with Crippen LogP contribution in [0.25, 0.3) is 0 Å². The van der Waals surface area contributed by atoms with E-state index in [1.807, 2.05) is 6.92 Å². The summed E-state index contributed by atoms with van der Waals surface area (Å²) in [7, 11) is 2.35. The molecular weight excluding hydrogens is 398 g/mol. The number of ether oxygens (including phenoxy) is 3. The quantitative estimate of drug-likeness (QED) is 0.398. The Hall–Kier alpha value is -3.32. The van der Waals surface area contributed by atoms with Gasteiger partial charge in [0.1, 0.15) is 11.4 Å². The Bertz CT molecular complexity index is 937. The summed E-state index contributed by atoms with van der Waals surface area (Å²) in [6.45, 7) is 2.40. The third kappa shape index (κ3) is 5.83. The largest absolute Gasteiger partial charge is 0.494 e. The molecule has 0 aliphatic rings. The summed E-state index contributed by atoms with van der Waals surface area (Å²) >= 11 is 6.18. The summed E-state index contributed by atoms with van der Waals surface area (Å²) in [4.78, 5) is 36.2. The molecule has 0 saturated heterocycles. The Morgan fingerprint density at radius 1 is 1.00 bits per heavy atom. The molecule has 0 aliphatic carbocycles. The van der Waals surface area contributed by atoms with Crippen LogP contribution in [0, 0.1) is 0 Å². The van der Waals surface area contributed by atoms with E-state index in [-0.39, 0.29) is 22.2 Å². The van der Waals surface area contributed by atoms with Crippen molar-refractivity contribution in [3.8, 4) is 5.75 Å². The van der Waals surface area contributed by atoms with Gasteiger partial charge in [-0.1, -0.05) is 11.6 Å². The molecule has 2 aromatic carbocycles. The van der Waals surface area contributed by atoms with Gasteiger partial charge in [-0.3, -0.25) is 4.79 Å². The molecule has 0 radical (unpaired) electrons. The van der Waals surface area contributed by atoms with Crippen LogP contribution >= 0.6 is 11.6 Å². The molecule has 2 aromatic rings. The molecule has 7 nitrogen and oxygen atoms in total. The van der Waals surface area contributed by atoms with Crippen molar-refractivity contribution in [3.63, 3.8) is 0 Å². The van der Waals surface area contributed by atoms with E-state index in [0.717, 1.165) is 6.08 Å². The number of hydrogen-bond acceptors (Lipinski definition) is 7. The maximum Gasteiger partial charge on any atom is 0.354 e. The third-order valence-electron chi connectivity index (χ3n) is 3.79. The lowest BCUT2D eigenvalue weighted by Gasteiger charge is -2.12. The van der Waals surface area contributed by atoms with E-state index in [1.165, 1.54) is 26.4 Å². The van der Waals surface area contributed by atoms with Crippen LogP contribution in [0.1, 0.15) is 22.8 Å². The van der Waals surface area contributed by atoms with Crippen LogP contribution in [0.2, 0.25) is 5.02 Å². The summed E-state index contributed by atoms with van der Waals surface area (Å²) in [5.41, 5.74) is 0.860. The average Bonchev–Trinajstić information content (AvgIpc) is 2.74. The van der Waals surface area contributed by atoms with Crippen LogP contribution in [-0.4, -0.2) is 38.5 Å². The zero-order valence-corrected chi connectivity index (χ0v) is 16.9. The molecule has 0 spiro atoms. The molecule has 0 heterocycles. The van der Waals surface area contributed by atoms with Gasteiger partial charge in [0.2, 0.25) is 0 Å². The lowest BCUT2D eigenvalue weighted by atomic mass is 10.0. The minimum absolute atomic E-state index is 0.188. The SMILES string of the molecule is CCOc1ccc(C(=O)c2ccc(Cl)c(N/C(=C/C(=O)OC)C(=O)OC)c2)cc1. The molecular formula is C21H20ClNO6. The Kier molecular flexibility index (Phi) is 7.79. The van der Waals surface area contributed by atoms with Crippen LogP contribution < -0.4 is 10.1 Å². The number of ketones is 1. The van der Waals surface area contributed by atoms with Crippen molar-refractivity contribution in [2.45, 2.75) is 6.92 Å². The second kappa shape index (κ2) is 10.3. The Morgan fingerprint density at radius 2 is 1.66 bits per heavy atom. The predicted octanol–water partition coefficient (Wildman–Crippen LogP) is 3.61. The fourth-order valence-electron chi connectivity index (χ4n) is 2.38. The van der Waals surface area contributed by atoms with Crippen LogP contribution in [0.4, 0.5) is 5.69 Å². The van der Waals surface area contributed by atoms with Gasteiger partial charge in [-0.05, 0) is 49.4 Å². The van der Waals surface area contributed by atoms with E-state index >= 15 is 0 Å². The summed E-state index contributed by atoms with van der Waals surface area (Å²) in [5.74, 6) is -1.13. The number of nitrogens with one attached hydrogen (secondary N) is 1. The van der Waals surface area contributed by atoms with E-state index in [4.69, 9.17) is 16.3 Å². The highest BCUT2D eigenvalue weighted by atomic mass is 35.5. The first-order valence-electron chi connectivity index (χ1n) is 8.61. The molecule has 0 bridgehead atoms. The summed E-state index contributed by atoms with van der Waals surface area (Å²) in [5, 5.41) is 2.96. The first-order valence-corrected chi connectivity index (χ1v) is 8.99. The van der Waals surface area contributed by atoms with Gasteiger partial charge in [0.25, 0.3) is 0 Å². The van der Waals surface area contributed by atoms with E-state index in [9.17, 15) is 14.4 Å². The zero-order valence-electron chi connectivity index (χ0n) is 16.2. The van der Waals surface area contributed by atoms with E-state index < -0.39 is 11.9 Å². The van der Waals surface area contributed by atoms with Crippen molar-refractivity contribution < 1.29 is 28.6 Å². The highest BCUT2D eigenvalue weighted by Gasteiger charge is 2.16. The van der Waals surface area contributed by atoms with Crippen molar-refractivity contribution in [2.75, 3.05) is 26.1 Å². The Balaban J connectivity index is 2.32. The van der Waals surface area contributed by atoms with Crippen molar-refractivity contribution in [2.24, 2.45) is 0 Å². The number of benzene rings is 2. The molecule has 0 atom stereocenters. The lowest BCUT2D eigenvalue weighted by Crippen LogP contribution is -2.16. The smallest absolute Gasteiger partial charge is 0.354 e. The number of esters is 2. The van der Waals surface area contributed by atoms with Crippen molar-refractivity contribution in [3.05, 3.63) is 70.4 Å². The first kappa shape index (κ1) is 22.0. The molecule has 152 valence electrons. The number of anilines is 1. The fraction of sp³-hybridized carbons (Fsp3) is 0.190. The van der Waals surface area contributed by atoms with Crippen LogP contribution in [0.5, 0.6) is 5.75 Å². The minimum Gasteiger partial charge on any atom is -0.494 e. The number of methoxy groups -OCH3 is 2. The predicted molar refractivity (Wildman–Crippen MR) is 108 cm³/mol. The summed E-state index contributed by atoms with van der Waals surface area (Å²) in [6.07, 6.45) is 0.934. The van der Waals surface area contributed by atoms with Gasteiger partial charge in [0.15, 0.2) is 5.78 Å². The molecule has 0 aromatic heterocycles. The average molecular weight is 418 g/mol. The van der Waals surface area contributed by atoms with Gasteiger partial charge in [-0.15, -0.1) is 0 Å². The van der Waals surface area contributed by atoms with E-state index in [2.05, 4.69) is 14.8 Å². The van der Waals surface area contributed by atoms with E-state index in [1.54, 1.807) is 30.3 Å². The molecule has 0 fully saturated rings. The van der Waals surface area contributed by atoms with Crippen LogP contribution in [0.15, 0.2) is 54.2 Å². The number of rotatable bonds is 8. The zero-order chi connectivity index (χ0) is 21.4. The highest BCUT2D eigenvalue weighted by Crippen LogP contribution is 2.26. The Labute approximate surface area is 173 Å². The molecule has 0 aliphatic heterocycles. The number of carbonyl (C=O) groups is 3. The topological polar surface area (TPSA) is 90.9 Å². The fourth-order valence-corrected chi connectivity index (χ4v) is 2.54. The first-order chi connectivity index (χ1) is 13.9. The van der Waals surface area contributed by atoms with Gasteiger partial charge in [-0.25, -0.2) is 9.59 Å². The summed E-state index contributed by atoms with van der Waals surface area (Å²) in [6, 6.07) is 11.3. The minimum atomic E-state index is -0.797. The standard InChI is InChI=1S/C21H20ClNO6/c1-4-29-15-8-5-13(6-9-15)20(25)14-7-10-16(22)17(11-14)23-18(21(26)28-3)12-19(24)27-2/h5-12,23H,4H2,1-3H3/b18-12+. The van der Waals surface area contributed by atoms with Crippen molar-refractivity contribution in [1.29, 1.82) is 0 Å². The third-order valence-corrected chi connectivity index (χ3v) is 4.12. The Morgan fingerprint density at radius 3 is 2.24 bits per heavy atom. The molecule has 0 amide bonds. The highest BCUT2D eigenvalue weighted by molar-refractivity contribution is 6.33. The van der Waals surface area contributed by atoms with Gasteiger partial charge < -0.3 is 19.5 Å². The molecule has 2 rings (SSSR count). The number of hydrogen-bond donors (Lipinski definition) is 1. The maximum absolute atomic E-state index is 12.8. The second-order valence-corrected chi connectivity index (χ2v) is 6.09. The molecule has 0 saturated carbocycles. The maximum atomic E-state index is 12.8. The van der Waals surface area contributed by atoms with Crippen molar-refractivity contribution >= 4 is 35.0 Å². The van der Waals surface area contributed by atoms with E-state index in [0.29, 0.717) is 23.5 Å². The van der Waals surface area contributed by atoms with Crippen LogP contribution in [-0.2, 0) is 19.1 Å². The molecule has 8 heteroatoms. The monoisotopic (exact) mass is 417 g/mol. The number of halogens is 1. The van der Waals surface area contributed by atoms with Crippen LogP contribution in [0.3, 0.4) is 0 Å². The van der Waals surface area contributed by atoms with Gasteiger partial charge in [0, 0.05) is 11.1 Å². The molecule has 29 heavy (non-hydrogen) atoms. The lowest BCUT2D eigenvalue weighted by molar-refractivity contribution is -0.138. The van der Waals surface area contributed by atoms with Crippen molar-refractivity contribution in [1.82, 2.24) is 0 Å². The number of carbonyl (C=O) groups excluding carboxylic acids is 3. The normalized spacial score (nSPS) is 10.8. The van der Waals surface area contributed by atoms with Gasteiger partial charge >= 0.3 is 11.9 Å². The van der Waals surface area contributed by atoms with Gasteiger partial charge in [-0.2, -0.15) is 0 Å². The second-order valence-electron chi connectivity index (χ2n) is 5.68. The summed E-state index contributed by atoms with van der Waals surface area (Å²) < 4.78 is 14.6. The van der Waals surface area contributed by atoms with Gasteiger partial charge in [0.05, 0.1) is 37.6 Å². The molecule has 1 N–H and O–H groups in total. The molecule has 0 unspecified atom stereocenters.